The van der Waals surface area contributed by atoms with Gasteiger partial charge in [-0.05, 0) is 43.0 Å². The van der Waals surface area contributed by atoms with E-state index in [9.17, 15) is 4.79 Å². The minimum atomic E-state index is -0.322. The Bertz CT molecular complexity index is 532. The first-order chi connectivity index (χ1) is 10.7. The Morgan fingerprint density at radius 1 is 1.45 bits per heavy atom. The third-order valence-electron chi connectivity index (χ3n) is 3.63. The summed E-state index contributed by atoms with van der Waals surface area (Å²) in [7, 11) is 0. The Morgan fingerprint density at radius 2 is 2.23 bits per heavy atom. The SMILES string of the molecule is CCOC(=O)C=Cc1c(C)cccc1[C@@H](CC)OC[C@H]1CO1. The summed E-state index contributed by atoms with van der Waals surface area (Å²) >= 11 is 0. The van der Waals surface area contributed by atoms with E-state index in [0.29, 0.717) is 13.2 Å². The van der Waals surface area contributed by atoms with Crippen molar-refractivity contribution in [1.29, 1.82) is 0 Å². The number of ether oxygens (including phenoxy) is 3. The van der Waals surface area contributed by atoms with Gasteiger partial charge in [-0.2, -0.15) is 0 Å². The molecule has 1 aliphatic rings. The second kappa shape index (κ2) is 8.11. The van der Waals surface area contributed by atoms with Crippen LogP contribution in [0.25, 0.3) is 6.08 Å². The van der Waals surface area contributed by atoms with Crippen LogP contribution < -0.4 is 0 Å². The maximum Gasteiger partial charge on any atom is 0.330 e. The van der Waals surface area contributed by atoms with Crippen molar-refractivity contribution in [3.8, 4) is 0 Å². The first-order valence-corrected chi connectivity index (χ1v) is 7.83. The van der Waals surface area contributed by atoms with Crippen molar-refractivity contribution in [2.24, 2.45) is 0 Å². The zero-order valence-electron chi connectivity index (χ0n) is 13.5. The molecule has 4 nitrogen and oxygen atoms in total. The maximum absolute atomic E-state index is 11.5. The molecule has 1 saturated heterocycles. The largest absolute Gasteiger partial charge is 0.463 e. The molecule has 0 bridgehead atoms. The summed E-state index contributed by atoms with van der Waals surface area (Å²) in [4.78, 5) is 11.5. The van der Waals surface area contributed by atoms with E-state index < -0.39 is 0 Å². The lowest BCUT2D eigenvalue weighted by Gasteiger charge is -2.19. The van der Waals surface area contributed by atoms with Gasteiger partial charge in [0.1, 0.15) is 6.10 Å². The van der Waals surface area contributed by atoms with Crippen LogP contribution in [0.2, 0.25) is 0 Å². The van der Waals surface area contributed by atoms with Crippen molar-refractivity contribution in [2.45, 2.75) is 39.4 Å². The molecule has 2 atom stereocenters. The van der Waals surface area contributed by atoms with Crippen molar-refractivity contribution in [2.75, 3.05) is 19.8 Å². The molecular weight excluding hydrogens is 280 g/mol. The fourth-order valence-corrected chi connectivity index (χ4v) is 2.37. The van der Waals surface area contributed by atoms with Gasteiger partial charge in [0.2, 0.25) is 0 Å². The number of rotatable bonds is 8. The topological polar surface area (TPSA) is 48.1 Å². The van der Waals surface area contributed by atoms with Crippen LogP contribution in [0, 0.1) is 6.92 Å². The number of benzene rings is 1. The fraction of sp³-hybridized carbons (Fsp3) is 0.500. The molecule has 1 aliphatic heterocycles. The van der Waals surface area contributed by atoms with E-state index in [4.69, 9.17) is 14.2 Å². The molecule has 4 heteroatoms. The van der Waals surface area contributed by atoms with Crippen LogP contribution in [0.1, 0.15) is 43.1 Å². The van der Waals surface area contributed by atoms with Gasteiger partial charge >= 0.3 is 5.97 Å². The Kier molecular flexibility index (Phi) is 6.16. The Labute approximate surface area is 132 Å². The molecule has 0 amide bonds. The number of hydrogen-bond acceptors (Lipinski definition) is 4. The van der Waals surface area contributed by atoms with Gasteiger partial charge in [0.05, 0.1) is 25.9 Å². The first kappa shape index (κ1) is 16.7. The highest BCUT2D eigenvalue weighted by Gasteiger charge is 2.25. The highest BCUT2D eigenvalue weighted by atomic mass is 16.6. The van der Waals surface area contributed by atoms with Crippen molar-refractivity contribution in [3.05, 3.63) is 41.0 Å². The van der Waals surface area contributed by atoms with Crippen LogP contribution in [-0.4, -0.2) is 31.9 Å². The van der Waals surface area contributed by atoms with Gasteiger partial charge in [-0.3, -0.25) is 0 Å². The number of carbonyl (C=O) groups is 1. The van der Waals surface area contributed by atoms with Crippen LogP contribution in [0.3, 0.4) is 0 Å². The van der Waals surface area contributed by atoms with Gasteiger partial charge in [0.25, 0.3) is 0 Å². The van der Waals surface area contributed by atoms with Gasteiger partial charge in [-0.15, -0.1) is 0 Å². The minimum absolute atomic E-state index is 0.00551. The molecule has 1 aromatic rings. The van der Waals surface area contributed by atoms with Gasteiger partial charge < -0.3 is 14.2 Å². The quantitative estimate of drug-likeness (QED) is 0.419. The van der Waals surface area contributed by atoms with Crippen LogP contribution in [0.4, 0.5) is 0 Å². The predicted octanol–water partition coefficient (Wildman–Crippen LogP) is 3.44. The summed E-state index contributed by atoms with van der Waals surface area (Å²) in [6, 6.07) is 6.11. The second-order valence-corrected chi connectivity index (χ2v) is 5.35. The van der Waals surface area contributed by atoms with E-state index in [0.717, 1.165) is 29.7 Å². The second-order valence-electron chi connectivity index (χ2n) is 5.35. The Balaban J connectivity index is 2.17. The monoisotopic (exact) mass is 304 g/mol. The third kappa shape index (κ3) is 4.68. The smallest absolute Gasteiger partial charge is 0.330 e. The van der Waals surface area contributed by atoms with Gasteiger partial charge in [-0.25, -0.2) is 4.79 Å². The van der Waals surface area contributed by atoms with E-state index in [1.54, 1.807) is 6.92 Å². The average molecular weight is 304 g/mol. The van der Waals surface area contributed by atoms with Crippen molar-refractivity contribution in [1.82, 2.24) is 0 Å². The highest BCUT2D eigenvalue weighted by Crippen LogP contribution is 2.29. The molecule has 2 rings (SSSR count). The number of esters is 1. The van der Waals surface area contributed by atoms with Crippen molar-refractivity contribution < 1.29 is 19.0 Å². The van der Waals surface area contributed by atoms with E-state index in [2.05, 4.69) is 13.0 Å². The molecule has 0 unspecified atom stereocenters. The molecule has 0 spiro atoms. The standard InChI is InChI=1S/C18H24O4/c1-4-17(22-12-14-11-21-14)16-8-6-7-13(3)15(16)9-10-18(19)20-5-2/h6-10,14,17H,4-5,11-12H2,1-3H3/t14-,17-/m1/s1. The number of hydrogen-bond donors (Lipinski definition) is 0. The van der Waals surface area contributed by atoms with Crippen LogP contribution in [0.5, 0.6) is 0 Å². The van der Waals surface area contributed by atoms with Gasteiger partial charge in [-0.1, -0.05) is 25.1 Å². The molecule has 1 aromatic carbocycles. The normalized spacial score (nSPS) is 18.4. The maximum atomic E-state index is 11.5. The van der Waals surface area contributed by atoms with E-state index in [-0.39, 0.29) is 18.2 Å². The summed E-state index contributed by atoms with van der Waals surface area (Å²) < 4.78 is 16.1. The van der Waals surface area contributed by atoms with Crippen molar-refractivity contribution in [3.63, 3.8) is 0 Å². The van der Waals surface area contributed by atoms with E-state index in [1.165, 1.54) is 6.08 Å². The third-order valence-corrected chi connectivity index (χ3v) is 3.63. The predicted molar refractivity (Wildman–Crippen MR) is 85.6 cm³/mol. The van der Waals surface area contributed by atoms with Crippen LogP contribution >= 0.6 is 0 Å². The molecule has 0 N–H and O–H groups in total. The number of carbonyl (C=O) groups excluding carboxylic acids is 1. The summed E-state index contributed by atoms with van der Waals surface area (Å²) in [6.45, 7) is 7.72. The van der Waals surface area contributed by atoms with Gasteiger partial charge in [0.15, 0.2) is 0 Å². The average Bonchev–Trinajstić information content (AvgIpc) is 3.31. The molecular formula is C18H24O4. The molecule has 120 valence electrons. The molecule has 0 radical (unpaired) electrons. The lowest BCUT2D eigenvalue weighted by molar-refractivity contribution is -0.137. The summed E-state index contributed by atoms with van der Waals surface area (Å²) in [5.41, 5.74) is 3.24. The molecule has 1 fully saturated rings. The molecule has 22 heavy (non-hydrogen) atoms. The number of aryl methyl sites for hydroxylation is 1. The zero-order chi connectivity index (χ0) is 15.9. The van der Waals surface area contributed by atoms with Crippen molar-refractivity contribution >= 4 is 12.0 Å². The van der Waals surface area contributed by atoms with Crippen LogP contribution in [-0.2, 0) is 19.0 Å². The molecule has 0 aromatic heterocycles. The lowest BCUT2D eigenvalue weighted by Crippen LogP contribution is -2.10. The number of epoxide rings is 1. The first-order valence-electron chi connectivity index (χ1n) is 7.83. The Hall–Kier alpha value is -1.65. The summed E-state index contributed by atoms with van der Waals surface area (Å²) in [6.07, 6.45) is 4.42. The summed E-state index contributed by atoms with van der Waals surface area (Å²) in [5.74, 6) is -0.322. The molecule has 0 aliphatic carbocycles. The Morgan fingerprint density at radius 3 is 2.86 bits per heavy atom. The van der Waals surface area contributed by atoms with Gasteiger partial charge in [0, 0.05) is 6.08 Å². The van der Waals surface area contributed by atoms with Crippen LogP contribution in [0.15, 0.2) is 24.3 Å². The fourth-order valence-electron chi connectivity index (χ4n) is 2.37. The zero-order valence-corrected chi connectivity index (χ0v) is 13.5. The molecule has 0 saturated carbocycles. The molecule has 1 heterocycles. The highest BCUT2D eigenvalue weighted by molar-refractivity contribution is 5.87. The lowest BCUT2D eigenvalue weighted by atomic mass is 9.96. The summed E-state index contributed by atoms with van der Waals surface area (Å²) in [5, 5.41) is 0. The van der Waals surface area contributed by atoms with E-state index in [1.807, 2.05) is 25.1 Å². The minimum Gasteiger partial charge on any atom is -0.463 e. The van der Waals surface area contributed by atoms with E-state index >= 15 is 0 Å².